The summed E-state index contributed by atoms with van der Waals surface area (Å²) in [5, 5.41) is 11.9. The molecule has 0 bridgehead atoms. The number of hydrogen-bond acceptors (Lipinski definition) is 3. The highest BCUT2D eigenvalue weighted by molar-refractivity contribution is 5.76. The van der Waals surface area contributed by atoms with Crippen molar-refractivity contribution in [3.05, 3.63) is 0 Å². The largest absolute Gasteiger partial charge is 0.480 e. The standard InChI is InChI=1S/C15H28N2O3/c1-5-17(9-15(19)20)13-7-12(8-13)16-14(18)6-11(4)10(2)3/h10-13H,5-9H2,1-4H3,(H,16,18)(H,19,20). The predicted molar refractivity (Wildman–Crippen MR) is 78.5 cm³/mol. The van der Waals surface area contributed by atoms with Gasteiger partial charge < -0.3 is 10.4 Å². The second-order valence-electron chi connectivity index (χ2n) is 6.27. The van der Waals surface area contributed by atoms with Crippen LogP contribution in [0.4, 0.5) is 0 Å². The molecule has 1 unspecified atom stereocenters. The molecule has 1 aliphatic carbocycles. The summed E-state index contributed by atoms with van der Waals surface area (Å²) in [6.07, 6.45) is 2.30. The first-order valence-electron chi connectivity index (χ1n) is 7.58. The molecule has 0 aliphatic heterocycles. The zero-order chi connectivity index (χ0) is 15.3. The molecule has 0 aromatic rings. The molecule has 1 aliphatic rings. The molecule has 116 valence electrons. The van der Waals surface area contributed by atoms with Crippen molar-refractivity contribution in [3.63, 3.8) is 0 Å². The Labute approximate surface area is 121 Å². The van der Waals surface area contributed by atoms with Crippen LogP contribution in [0.2, 0.25) is 0 Å². The van der Waals surface area contributed by atoms with Crippen molar-refractivity contribution in [2.24, 2.45) is 11.8 Å². The minimum absolute atomic E-state index is 0.0895. The molecular formula is C15H28N2O3. The van der Waals surface area contributed by atoms with E-state index in [1.165, 1.54) is 0 Å². The number of aliphatic carboxylic acids is 1. The molecule has 1 fully saturated rings. The number of carbonyl (C=O) groups excluding carboxylic acids is 1. The van der Waals surface area contributed by atoms with E-state index < -0.39 is 5.97 Å². The monoisotopic (exact) mass is 284 g/mol. The molecule has 1 rings (SSSR count). The van der Waals surface area contributed by atoms with Gasteiger partial charge in [0.15, 0.2) is 0 Å². The first-order valence-corrected chi connectivity index (χ1v) is 7.58. The average Bonchev–Trinajstić information content (AvgIpc) is 2.30. The van der Waals surface area contributed by atoms with Crippen molar-refractivity contribution in [1.29, 1.82) is 0 Å². The van der Waals surface area contributed by atoms with Crippen LogP contribution < -0.4 is 5.32 Å². The van der Waals surface area contributed by atoms with Crippen molar-refractivity contribution in [1.82, 2.24) is 10.2 Å². The summed E-state index contributed by atoms with van der Waals surface area (Å²) < 4.78 is 0. The Balaban J connectivity index is 2.27. The second kappa shape index (κ2) is 7.62. The van der Waals surface area contributed by atoms with E-state index >= 15 is 0 Å². The van der Waals surface area contributed by atoms with Gasteiger partial charge in [-0.1, -0.05) is 27.7 Å². The third kappa shape index (κ3) is 5.12. The number of nitrogens with one attached hydrogen (secondary N) is 1. The normalized spacial score (nSPS) is 23.5. The highest BCUT2D eigenvalue weighted by Gasteiger charge is 2.34. The highest BCUT2D eigenvalue weighted by Crippen LogP contribution is 2.26. The van der Waals surface area contributed by atoms with Crippen LogP contribution in [0.3, 0.4) is 0 Å². The Morgan fingerprint density at radius 1 is 1.30 bits per heavy atom. The fourth-order valence-corrected chi connectivity index (χ4v) is 2.49. The van der Waals surface area contributed by atoms with Gasteiger partial charge in [-0.05, 0) is 31.2 Å². The molecule has 20 heavy (non-hydrogen) atoms. The minimum atomic E-state index is -0.787. The number of likely N-dealkylation sites (N-methyl/N-ethyl adjacent to an activating group) is 1. The van der Waals surface area contributed by atoms with Crippen molar-refractivity contribution >= 4 is 11.9 Å². The lowest BCUT2D eigenvalue weighted by Crippen LogP contribution is -2.55. The van der Waals surface area contributed by atoms with Gasteiger partial charge in [-0.25, -0.2) is 0 Å². The lowest BCUT2D eigenvalue weighted by atomic mass is 9.85. The van der Waals surface area contributed by atoms with Gasteiger partial charge in [0.05, 0.1) is 6.54 Å². The number of amides is 1. The predicted octanol–water partition coefficient (Wildman–Crippen LogP) is 1.72. The van der Waals surface area contributed by atoms with E-state index in [-0.39, 0.29) is 18.5 Å². The summed E-state index contributed by atoms with van der Waals surface area (Å²) in [7, 11) is 0. The maximum absolute atomic E-state index is 11.9. The van der Waals surface area contributed by atoms with E-state index in [1.54, 1.807) is 0 Å². The molecular weight excluding hydrogens is 256 g/mol. The third-order valence-electron chi connectivity index (χ3n) is 4.38. The zero-order valence-corrected chi connectivity index (χ0v) is 13.1. The number of carboxylic acid groups (broad SMARTS) is 1. The summed E-state index contributed by atoms with van der Waals surface area (Å²) in [5.74, 6) is 0.243. The van der Waals surface area contributed by atoms with Crippen LogP contribution in [0.15, 0.2) is 0 Å². The molecule has 0 spiro atoms. The van der Waals surface area contributed by atoms with Gasteiger partial charge in [0.1, 0.15) is 0 Å². The summed E-state index contributed by atoms with van der Waals surface area (Å²) in [6, 6.07) is 0.513. The van der Waals surface area contributed by atoms with E-state index in [4.69, 9.17) is 5.11 Å². The molecule has 2 N–H and O–H groups in total. The van der Waals surface area contributed by atoms with Gasteiger partial charge in [0.25, 0.3) is 0 Å². The second-order valence-corrected chi connectivity index (χ2v) is 6.27. The maximum atomic E-state index is 11.9. The maximum Gasteiger partial charge on any atom is 0.317 e. The number of nitrogens with zero attached hydrogens (tertiary/aromatic N) is 1. The molecule has 0 saturated heterocycles. The lowest BCUT2D eigenvalue weighted by Gasteiger charge is -2.42. The van der Waals surface area contributed by atoms with Crippen LogP contribution in [0.1, 0.15) is 47.0 Å². The Morgan fingerprint density at radius 2 is 1.90 bits per heavy atom. The summed E-state index contributed by atoms with van der Waals surface area (Å²) >= 11 is 0. The minimum Gasteiger partial charge on any atom is -0.480 e. The van der Waals surface area contributed by atoms with Crippen molar-refractivity contribution in [2.45, 2.75) is 59.0 Å². The fraction of sp³-hybridized carbons (Fsp3) is 0.867. The van der Waals surface area contributed by atoms with E-state index in [0.29, 0.717) is 24.3 Å². The molecule has 0 aromatic heterocycles. The Bertz CT molecular complexity index is 338. The van der Waals surface area contributed by atoms with Gasteiger partial charge in [-0.15, -0.1) is 0 Å². The van der Waals surface area contributed by atoms with E-state index in [1.807, 2.05) is 11.8 Å². The number of hydrogen-bond donors (Lipinski definition) is 2. The first kappa shape index (κ1) is 17.0. The fourth-order valence-electron chi connectivity index (χ4n) is 2.49. The topological polar surface area (TPSA) is 69.6 Å². The Hall–Kier alpha value is -1.10. The van der Waals surface area contributed by atoms with Crippen LogP contribution in [-0.4, -0.2) is 47.1 Å². The zero-order valence-electron chi connectivity index (χ0n) is 13.1. The Kier molecular flexibility index (Phi) is 6.46. The summed E-state index contributed by atoms with van der Waals surface area (Å²) in [5.41, 5.74) is 0. The van der Waals surface area contributed by atoms with E-state index in [2.05, 4.69) is 26.1 Å². The van der Waals surface area contributed by atoms with E-state index in [0.717, 1.165) is 19.4 Å². The number of carbonyl (C=O) groups is 2. The first-order chi connectivity index (χ1) is 9.33. The van der Waals surface area contributed by atoms with Crippen molar-refractivity contribution in [3.8, 4) is 0 Å². The molecule has 5 nitrogen and oxygen atoms in total. The average molecular weight is 284 g/mol. The van der Waals surface area contributed by atoms with Crippen molar-refractivity contribution in [2.75, 3.05) is 13.1 Å². The Morgan fingerprint density at radius 3 is 2.35 bits per heavy atom. The summed E-state index contributed by atoms with van der Waals surface area (Å²) in [6.45, 7) is 9.15. The smallest absolute Gasteiger partial charge is 0.317 e. The summed E-state index contributed by atoms with van der Waals surface area (Å²) in [4.78, 5) is 24.6. The molecule has 1 saturated carbocycles. The molecule has 1 atom stereocenters. The SMILES string of the molecule is CCN(CC(=O)O)C1CC(NC(=O)CC(C)C(C)C)C1. The quantitative estimate of drug-likeness (QED) is 0.712. The van der Waals surface area contributed by atoms with Gasteiger partial charge in [0.2, 0.25) is 5.91 Å². The molecule has 1 amide bonds. The lowest BCUT2D eigenvalue weighted by molar-refractivity contribution is -0.139. The molecule has 0 radical (unpaired) electrons. The number of carboxylic acids is 1. The van der Waals surface area contributed by atoms with Crippen LogP contribution >= 0.6 is 0 Å². The molecule has 0 heterocycles. The highest BCUT2D eigenvalue weighted by atomic mass is 16.4. The van der Waals surface area contributed by atoms with Crippen LogP contribution in [0.5, 0.6) is 0 Å². The van der Waals surface area contributed by atoms with E-state index in [9.17, 15) is 9.59 Å². The third-order valence-corrected chi connectivity index (χ3v) is 4.38. The van der Waals surface area contributed by atoms with Gasteiger partial charge in [0, 0.05) is 18.5 Å². The molecule has 5 heteroatoms. The van der Waals surface area contributed by atoms with Crippen LogP contribution in [0.25, 0.3) is 0 Å². The van der Waals surface area contributed by atoms with Crippen LogP contribution in [0, 0.1) is 11.8 Å². The van der Waals surface area contributed by atoms with Gasteiger partial charge in [-0.2, -0.15) is 0 Å². The van der Waals surface area contributed by atoms with Crippen LogP contribution in [-0.2, 0) is 9.59 Å². The molecule has 0 aromatic carbocycles. The number of rotatable bonds is 8. The van der Waals surface area contributed by atoms with Gasteiger partial charge in [-0.3, -0.25) is 14.5 Å². The van der Waals surface area contributed by atoms with Gasteiger partial charge >= 0.3 is 5.97 Å². The van der Waals surface area contributed by atoms with Crippen molar-refractivity contribution < 1.29 is 14.7 Å².